The van der Waals surface area contributed by atoms with E-state index in [0.29, 0.717) is 11.9 Å². The highest BCUT2D eigenvalue weighted by molar-refractivity contribution is 5.96. The van der Waals surface area contributed by atoms with E-state index in [2.05, 4.69) is 30.6 Å². The third kappa shape index (κ3) is 3.27. The Morgan fingerprint density at radius 1 is 1.24 bits per heavy atom. The maximum atomic E-state index is 11.7. The van der Waals surface area contributed by atoms with Gasteiger partial charge in [0.15, 0.2) is 11.5 Å². The van der Waals surface area contributed by atoms with Crippen molar-refractivity contribution in [2.24, 2.45) is 5.73 Å². The lowest BCUT2D eigenvalue weighted by molar-refractivity contribution is 0.0996. The van der Waals surface area contributed by atoms with E-state index in [-0.39, 0.29) is 5.69 Å². The van der Waals surface area contributed by atoms with Crippen LogP contribution >= 0.6 is 0 Å². The van der Waals surface area contributed by atoms with Gasteiger partial charge in [0.1, 0.15) is 5.82 Å². The van der Waals surface area contributed by atoms with E-state index in [1.165, 1.54) is 6.42 Å². The van der Waals surface area contributed by atoms with Crippen molar-refractivity contribution < 1.29 is 4.79 Å². The quantitative estimate of drug-likeness (QED) is 0.731. The molecule has 0 radical (unpaired) electrons. The van der Waals surface area contributed by atoms with E-state index in [1.807, 2.05) is 10.9 Å². The third-order valence-corrected chi connectivity index (χ3v) is 4.67. The zero-order chi connectivity index (χ0) is 17.2. The van der Waals surface area contributed by atoms with E-state index >= 15 is 0 Å². The lowest BCUT2D eigenvalue weighted by atomic mass is 10.1. The molecule has 0 aromatic carbocycles. The van der Waals surface area contributed by atoms with Crippen molar-refractivity contribution in [2.75, 3.05) is 36.4 Å². The zero-order valence-electron chi connectivity index (χ0n) is 14.0. The van der Waals surface area contributed by atoms with Crippen LogP contribution in [0.4, 0.5) is 17.3 Å². The minimum absolute atomic E-state index is 0.138. The lowest BCUT2D eigenvalue weighted by Crippen LogP contribution is -2.43. The van der Waals surface area contributed by atoms with Gasteiger partial charge in [-0.05, 0) is 19.3 Å². The van der Waals surface area contributed by atoms with Gasteiger partial charge in [-0.15, -0.1) is 0 Å². The summed E-state index contributed by atoms with van der Waals surface area (Å²) in [5.41, 5.74) is 6.36. The van der Waals surface area contributed by atoms with Crippen molar-refractivity contribution in [3.8, 4) is 0 Å². The van der Waals surface area contributed by atoms with E-state index in [0.717, 1.165) is 50.5 Å². The van der Waals surface area contributed by atoms with Gasteiger partial charge in [0, 0.05) is 32.4 Å². The molecule has 2 fully saturated rings. The van der Waals surface area contributed by atoms with Crippen LogP contribution in [-0.2, 0) is 0 Å². The van der Waals surface area contributed by atoms with Crippen molar-refractivity contribution in [1.82, 2.24) is 25.1 Å². The van der Waals surface area contributed by atoms with Crippen LogP contribution in [0, 0.1) is 0 Å². The molecule has 1 amide bonds. The van der Waals surface area contributed by atoms with Crippen LogP contribution in [-0.4, -0.2) is 51.8 Å². The molecule has 4 rings (SSSR count). The molecule has 0 bridgehead atoms. The summed E-state index contributed by atoms with van der Waals surface area (Å²) in [4.78, 5) is 22.7. The number of nitrogens with one attached hydrogen (secondary N) is 2. The first-order chi connectivity index (χ1) is 12.2. The molecular formula is C16H22N8O. The molecule has 9 nitrogen and oxygen atoms in total. The minimum atomic E-state index is -0.601. The summed E-state index contributed by atoms with van der Waals surface area (Å²) in [7, 11) is 0. The molecule has 2 aliphatic heterocycles. The van der Waals surface area contributed by atoms with Gasteiger partial charge in [-0.25, -0.2) is 9.97 Å². The molecule has 0 saturated carbocycles. The summed E-state index contributed by atoms with van der Waals surface area (Å²) in [6.45, 7) is 3.74. The number of anilines is 3. The monoisotopic (exact) mass is 342 g/mol. The van der Waals surface area contributed by atoms with Crippen LogP contribution in [0.3, 0.4) is 0 Å². The summed E-state index contributed by atoms with van der Waals surface area (Å²) in [6, 6.07) is 0.372. The fraction of sp³-hybridized carbons (Fsp3) is 0.500. The fourth-order valence-corrected chi connectivity index (χ4v) is 3.12. The number of carbonyl (C=O) groups excluding carboxylic acids is 1. The van der Waals surface area contributed by atoms with Gasteiger partial charge in [0.05, 0.1) is 24.1 Å². The van der Waals surface area contributed by atoms with Crippen LogP contribution in [0.15, 0.2) is 18.6 Å². The second-order valence-electron chi connectivity index (χ2n) is 6.48. The maximum Gasteiger partial charge on any atom is 0.271 e. The Bertz CT molecular complexity index is 763. The first-order valence-corrected chi connectivity index (χ1v) is 8.64. The Balaban J connectivity index is 1.59. The molecule has 9 heteroatoms. The number of carbonyl (C=O) groups is 1. The SMILES string of the molecule is NC(=O)c1ncc(N2CCCCC2)nc1Nc1cnn(C2CNC2)c1. The first kappa shape index (κ1) is 15.8. The Morgan fingerprint density at radius 2 is 2.04 bits per heavy atom. The van der Waals surface area contributed by atoms with Crippen molar-refractivity contribution in [2.45, 2.75) is 25.3 Å². The van der Waals surface area contributed by atoms with Crippen LogP contribution in [0.2, 0.25) is 0 Å². The highest BCUT2D eigenvalue weighted by Crippen LogP contribution is 2.23. The molecule has 25 heavy (non-hydrogen) atoms. The van der Waals surface area contributed by atoms with E-state index in [4.69, 9.17) is 5.73 Å². The van der Waals surface area contributed by atoms with Gasteiger partial charge >= 0.3 is 0 Å². The van der Waals surface area contributed by atoms with Gasteiger partial charge in [-0.1, -0.05) is 0 Å². The molecule has 4 N–H and O–H groups in total. The average Bonchev–Trinajstić information content (AvgIpc) is 3.01. The summed E-state index contributed by atoms with van der Waals surface area (Å²) in [5, 5.41) is 10.7. The number of nitrogens with two attached hydrogens (primary N) is 1. The van der Waals surface area contributed by atoms with E-state index in [1.54, 1.807) is 12.4 Å². The van der Waals surface area contributed by atoms with E-state index in [9.17, 15) is 4.79 Å². The molecule has 2 saturated heterocycles. The topological polar surface area (TPSA) is 114 Å². The Morgan fingerprint density at radius 3 is 2.72 bits per heavy atom. The van der Waals surface area contributed by atoms with Crippen LogP contribution in [0.1, 0.15) is 35.8 Å². The fourth-order valence-electron chi connectivity index (χ4n) is 3.12. The Labute approximate surface area is 145 Å². The van der Waals surface area contributed by atoms with Crippen LogP contribution in [0.25, 0.3) is 0 Å². The molecule has 0 spiro atoms. The van der Waals surface area contributed by atoms with Crippen molar-refractivity contribution in [3.63, 3.8) is 0 Å². The number of amides is 1. The standard InChI is InChI=1S/C16H22N8O/c17-15(25)14-16(21-11-6-20-24(10-11)12-7-18-8-12)22-13(9-19-14)23-4-2-1-3-5-23/h6,9-10,12,18H,1-5,7-8H2,(H2,17,25)(H,21,22). The smallest absolute Gasteiger partial charge is 0.271 e. The number of hydrogen-bond donors (Lipinski definition) is 3. The number of hydrogen-bond acceptors (Lipinski definition) is 7. The second kappa shape index (κ2) is 6.67. The van der Waals surface area contributed by atoms with Crippen molar-refractivity contribution >= 4 is 23.2 Å². The minimum Gasteiger partial charge on any atom is -0.364 e. The molecule has 2 aromatic heterocycles. The zero-order valence-corrected chi connectivity index (χ0v) is 14.0. The number of piperidine rings is 1. The predicted molar refractivity (Wildman–Crippen MR) is 94.0 cm³/mol. The molecule has 0 aliphatic carbocycles. The van der Waals surface area contributed by atoms with Crippen molar-refractivity contribution in [1.29, 1.82) is 0 Å². The van der Waals surface area contributed by atoms with Crippen LogP contribution in [0.5, 0.6) is 0 Å². The van der Waals surface area contributed by atoms with Gasteiger partial charge in [0.25, 0.3) is 5.91 Å². The molecule has 0 unspecified atom stereocenters. The van der Waals surface area contributed by atoms with Crippen molar-refractivity contribution in [3.05, 3.63) is 24.3 Å². The number of rotatable bonds is 5. The predicted octanol–water partition coefficient (Wildman–Crippen LogP) is 0.650. The summed E-state index contributed by atoms with van der Waals surface area (Å²) < 4.78 is 1.91. The summed E-state index contributed by atoms with van der Waals surface area (Å²) >= 11 is 0. The number of nitrogens with zero attached hydrogens (tertiary/aromatic N) is 5. The highest BCUT2D eigenvalue weighted by Gasteiger charge is 2.21. The molecule has 2 aliphatic rings. The first-order valence-electron chi connectivity index (χ1n) is 8.64. The Kier molecular flexibility index (Phi) is 4.22. The molecular weight excluding hydrogens is 320 g/mol. The maximum absolute atomic E-state index is 11.7. The van der Waals surface area contributed by atoms with Gasteiger partial charge < -0.3 is 21.3 Å². The number of primary amides is 1. The lowest BCUT2D eigenvalue weighted by Gasteiger charge is -2.28. The molecule has 0 atom stereocenters. The molecule has 132 valence electrons. The van der Waals surface area contributed by atoms with Gasteiger partial charge in [-0.3, -0.25) is 9.48 Å². The summed E-state index contributed by atoms with van der Waals surface area (Å²) in [5.74, 6) is 0.542. The average molecular weight is 342 g/mol. The normalized spacial score (nSPS) is 18.0. The van der Waals surface area contributed by atoms with Crippen LogP contribution < -0.4 is 21.3 Å². The van der Waals surface area contributed by atoms with E-state index < -0.39 is 5.91 Å². The number of aromatic nitrogens is 4. The largest absolute Gasteiger partial charge is 0.364 e. The molecule has 2 aromatic rings. The second-order valence-corrected chi connectivity index (χ2v) is 6.48. The third-order valence-electron chi connectivity index (χ3n) is 4.67. The summed E-state index contributed by atoms with van der Waals surface area (Å²) in [6.07, 6.45) is 8.78. The Hall–Kier alpha value is -2.68. The molecule has 4 heterocycles. The van der Waals surface area contributed by atoms with Gasteiger partial charge in [-0.2, -0.15) is 5.10 Å². The highest BCUT2D eigenvalue weighted by atomic mass is 16.1. The van der Waals surface area contributed by atoms with Gasteiger partial charge in [0.2, 0.25) is 0 Å².